The molecular weight excluding hydrogens is 262 g/mol. The molecule has 0 N–H and O–H groups in total. The van der Waals surface area contributed by atoms with Crippen LogP contribution in [-0.2, 0) is 0 Å². The Morgan fingerprint density at radius 2 is 2.00 bits per heavy atom. The predicted octanol–water partition coefficient (Wildman–Crippen LogP) is 3.02. The van der Waals surface area contributed by atoms with E-state index in [-0.39, 0.29) is 0 Å². The van der Waals surface area contributed by atoms with Gasteiger partial charge in [-0.25, -0.2) is 0 Å². The second kappa shape index (κ2) is 7.61. The van der Waals surface area contributed by atoms with Gasteiger partial charge in [0, 0.05) is 19.0 Å². The molecule has 0 aliphatic carbocycles. The third kappa shape index (κ3) is 4.29. The lowest BCUT2D eigenvalue weighted by Crippen LogP contribution is -2.26. The van der Waals surface area contributed by atoms with Crippen LogP contribution < -0.4 is 9.47 Å². The van der Waals surface area contributed by atoms with Crippen molar-refractivity contribution in [2.45, 2.75) is 13.3 Å². The molecule has 3 nitrogen and oxygen atoms in total. The molecule has 0 radical (unpaired) electrons. The van der Waals surface area contributed by atoms with Gasteiger partial charge in [0.1, 0.15) is 6.61 Å². The van der Waals surface area contributed by atoms with Crippen molar-refractivity contribution in [2.75, 3.05) is 38.7 Å². The topological polar surface area (TPSA) is 21.7 Å². The third-order valence-corrected chi connectivity index (χ3v) is 3.84. The molecule has 106 valence electrons. The standard InChI is InChI=1S/C15H22ClNO2/c1-2-18-14-5-3-4-6-15(14)19-10-9-17-8-7-13(11-16)12-17/h3-6,13H,2,7-12H2,1H3. The number of halogens is 1. The lowest BCUT2D eigenvalue weighted by Gasteiger charge is -2.17. The Hall–Kier alpha value is -0.930. The zero-order valence-corrected chi connectivity index (χ0v) is 12.2. The summed E-state index contributed by atoms with van der Waals surface area (Å²) in [5, 5.41) is 0. The lowest BCUT2D eigenvalue weighted by atomic mass is 10.2. The van der Waals surface area contributed by atoms with Crippen LogP contribution in [0.3, 0.4) is 0 Å². The molecule has 0 aromatic heterocycles. The van der Waals surface area contributed by atoms with Crippen LogP contribution in [0.1, 0.15) is 13.3 Å². The first-order valence-electron chi connectivity index (χ1n) is 6.96. The molecular formula is C15H22ClNO2. The van der Waals surface area contributed by atoms with Crippen LogP contribution in [-0.4, -0.2) is 43.6 Å². The van der Waals surface area contributed by atoms with Gasteiger partial charge in [-0.05, 0) is 37.9 Å². The van der Waals surface area contributed by atoms with Gasteiger partial charge in [0.05, 0.1) is 6.61 Å². The fraction of sp³-hybridized carbons (Fsp3) is 0.600. The Morgan fingerprint density at radius 3 is 2.63 bits per heavy atom. The Morgan fingerprint density at radius 1 is 1.26 bits per heavy atom. The Bertz CT molecular complexity index is 386. The number of nitrogens with zero attached hydrogens (tertiary/aromatic N) is 1. The first-order valence-corrected chi connectivity index (χ1v) is 7.50. The van der Waals surface area contributed by atoms with Gasteiger partial charge in [-0.2, -0.15) is 0 Å². The quantitative estimate of drug-likeness (QED) is 0.718. The Balaban J connectivity index is 1.76. The fourth-order valence-corrected chi connectivity index (χ4v) is 2.62. The maximum Gasteiger partial charge on any atom is 0.161 e. The maximum atomic E-state index is 5.88. The number of hydrogen-bond donors (Lipinski definition) is 0. The third-order valence-electron chi connectivity index (χ3n) is 3.40. The van der Waals surface area contributed by atoms with Gasteiger partial charge in [0.25, 0.3) is 0 Å². The summed E-state index contributed by atoms with van der Waals surface area (Å²) in [6, 6.07) is 7.83. The molecule has 0 spiro atoms. The number of para-hydroxylation sites is 2. The van der Waals surface area contributed by atoms with Crippen molar-refractivity contribution >= 4 is 11.6 Å². The summed E-state index contributed by atoms with van der Waals surface area (Å²) in [6.07, 6.45) is 1.21. The van der Waals surface area contributed by atoms with E-state index >= 15 is 0 Å². The van der Waals surface area contributed by atoms with Gasteiger partial charge in [-0.15, -0.1) is 11.6 Å². The fourth-order valence-electron chi connectivity index (χ4n) is 2.37. The average molecular weight is 284 g/mol. The summed E-state index contributed by atoms with van der Waals surface area (Å²) in [4.78, 5) is 2.41. The number of benzene rings is 1. The van der Waals surface area contributed by atoms with Crippen LogP contribution in [0, 0.1) is 5.92 Å². The molecule has 19 heavy (non-hydrogen) atoms. The molecule has 1 aliphatic heterocycles. The van der Waals surface area contributed by atoms with Gasteiger partial charge in [0.15, 0.2) is 11.5 Å². The molecule has 1 aromatic rings. The zero-order chi connectivity index (χ0) is 13.5. The summed E-state index contributed by atoms with van der Waals surface area (Å²) >= 11 is 5.88. The van der Waals surface area contributed by atoms with E-state index in [4.69, 9.17) is 21.1 Å². The van der Waals surface area contributed by atoms with E-state index in [9.17, 15) is 0 Å². The van der Waals surface area contributed by atoms with Crippen molar-refractivity contribution in [3.05, 3.63) is 24.3 Å². The molecule has 1 fully saturated rings. The van der Waals surface area contributed by atoms with E-state index in [1.807, 2.05) is 31.2 Å². The predicted molar refractivity (Wildman–Crippen MR) is 78.4 cm³/mol. The molecule has 1 heterocycles. The van der Waals surface area contributed by atoms with Gasteiger partial charge < -0.3 is 9.47 Å². The van der Waals surface area contributed by atoms with Gasteiger partial charge in [-0.1, -0.05) is 12.1 Å². The van der Waals surface area contributed by atoms with Crippen LogP contribution in [0.25, 0.3) is 0 Å². The largest absolute Gasteiger partial charge is 0.490 e. The maximum absolute atomic E-state index is 5.88. The van der Waals surface area contributed by atoms with Crippen LogP contribution >= 0.6 is 11.6 Å². The molecule has 1 aliphatic rings. The number of alkyl halides is 1. The number of likely N-dealkylation sites (tertiary alicyclic amines) is 1. The van der Waals surface area contributed by atoms with Gasteiger partial charge >= 0.3 is 0 Å². The highest BCUT2D eigenvalue weighted by Gasteiger charge is 2.21. The minimum Gasteiger partial charge on any atom is -0.490 e. The molecule has 1 aromatic carbocycles. The van der Waals surface area contributed by atoms with Crippen molar-refractivity contribution in [3.63, 3.8) is 0 Å². The minimum absolute atomic E-state index is 0.650. The van der Waals surface area contributed by atoms with Crippen molar-refractivity contribution in [3.8, 4) is 11.5 Å². The van der Waals surface area contributed by atoms with Gasteiger partial charge in [0.2, 0.25) is 0 Å². The number of rotatable bonds is 7. The lowest BCUT2D eigenvalue weighted by molar-refractivity contribution is 0.223. The molecule has 0 amide bonds. The van der Waals surface area contributed by atoms with Crippen LogP contribution in [0.4, 0.5) is 0 Å². The first kappa shape index (κ1) is 14.5. The second-order valence-corrected chi connectivity index (χ2v) is 5.15. The van der Waals surface area contributed by atoms with Crippen molar-refractivity contribution in [1.29, 1.82) is 0 Å². The van der Waals surface area contributed by atoms with Crippen LogP contribution in [0.2, 0.25) is 0 Å². The highest BCUT2D eigenvalue weighted by atomic mass is 35.5. The molecule has 1 saturated heterocycles. The van der Waals surface area contributed by atoms with E-state index in [0.717, 1.165) is 37.0 Å². The first-order chi connectivity index (χ1) is 9.33. The average Bonchev–Trinajstić information content (AvgIpc) is 2.89. The van der Waals surface area contributed by atoms with Crippen molar-refractivity contribution in [1.82, 2.24) is 4.90 Å². The van der Waals surface area contributed by atoms with E-state index < -0.39 is 0 Å². The monoisotopic (exact) mass is 283 g/mol. The molecule has 2 rings (SSSR count). The van der Waals surface area contributed by atoms with E-state index in [2.05, 4.69) is 4.90 Å². The van der Waals surface area contributed by atoms with Gasteiger partial charge in [-0.3, -0.25) is 4.90 Å². The zero-order valence-electron chi connectivity index (χ0n) is 11.5. The molecule has 0 bridgehead atoms. The summed E-state index contributed by atoms with van der Waals surface area (Å²) < 4.78 is 11.4. The second-order valence-electron chi connectivity index (χ2n) is 4.84. The smallest absolute Gasteiger partial charge is 0.161 e. The summed E-state index contributed by atoms with van der Waals surface area (Å²) in [6.45, 7) is 6.51. The van der Waals surface area contributed by atoms with E-state index in [1.165, 1.54) is 6.42 Å². The molecule has 0 saturated carbocycles. The molecule has 1 unspecified atom stereocenters. The van der Waals surface area contributed by atoms with Crippen molar-refractivity contribution < 1.29 is 9.47 Å². The number of hydrogen-bond acceptors (Lipinski definition) is 3. The summed E-state index contributed by atoms with van der Waals surface area (Å²) in [5.41, 5.74) is 0. The summed E-state index contributed by atoms with van der Waals surface area (Å²) in [7, 11) is 0. The molecule has 4 heteroatoms. The van der Waals surface area contributed by atoms with E-state index in [0.29, 0.717) is 19.1 Å². The Labute approximate surface area is 120 Å². The van der Waals surface area contributed by atoms with Crippen LogP contribution in [0.15, 0.2) is 24.3 Å². The van der Waals surface area contributed by atoms with Crippen molar-refractivity contribution in [2.24, 2.45) is 5.92 Å². The van der Waals surface area contributed by atoms with E-state index in [1.54, 1.807) is 0 Å². The highest BCUT2D eigenvalue weighted by Crippen LogP contribution is 2.26. The summed E-state index contributed by atoms with van der Waals surface area (Å²) in [5.74, 6) is 3.07. The normalized spacial score (nSPS) is 19.6. The minimum atomic E-state index is 0.650. The SMILES string of the molecule is CCOc1ccccc1OCCN1CCC(CCl)C1. The van der Waals surface area contributed by atoms with Crippen LogP contribution in [0.5, 0.6) is 11.5 Å². The number of ether oxygens (including phenoxy) is 2. The molecule has 1 atom stereocenters. The Kier molecular flexibility index (Phi) is 5.80. The highest BCUT2D eigenvalue weighted by molar-refractivity contribution is 6.18.